The third kappa shape index (κ3) is 34.6. The molecule has 1 fully saturated rings. The van der Waals surface area contributed by atoms with Gasteiger partial charge in [0.05, 0.1) is 25.4 Å². The highest BCUT2D eigenvalue weighted by Crippen LogP contribution is 2.23. The molecule has 0 aromatic heterocycles. The number of nitrogens with one attached hydrogen (secondary N) is 1. The molecule has 0 aromatic carbocycles. The van der Waals surface area contributed by atoms with Crippen LogP contribution in [0.3, 0.4) is 0 Å². The Hall–Kier alpha value is -1.67. The first-order valence-corrected chi connectivity index (χ1v) is 28.4. The van der Waals surface area contributed by atoms with Crippen LogP contribution in [0.1, 0.15) is 251 Å². The predicted octanol–water partition coefficient (Wildman–Crippen LogP) is 11.5. The number of aliphatic hydroxyl groups excluding tert-OH is 7. The number of carbonyl (C=O) groups excluding carboxylic acids is 1. The van der Waals surface area contributed by atoms with Crippen LogP contribution in [0, 0.1) is 0 Å². The Bertz CT molecular complexity index is 1200. The van der Waals surface area contributed by atoms with E-state index in [1.807, 2.05) is 0 Å². The molecule has 11 heteroatoms. The summed E-state index contributed by atoms with van der Waals surface area (Å²) in [7, 11) is 0. The second kappa shape index (κ2) is 46.4. The SMILES string of the molecule is CCCCCCCCCCC/C=C\CCCCCCC(O)C(=O)NC(COC1OC(CO)C(O)C(O)C1O)C(O)C(O)CCC/C=C/CC/C=C/CCCCCCCCCCCCCCCCC. The van der Waals surface area contributed by atoms with Gasteiger partial charge in [0, 0.05) is 0 Å². The van der Waals surface area contributed by atoms with Gasteiger partial charge in [-0.25, -0.2) is 0 Å². The lowest BCUT2D eigenvalue weighted by Gasteiger charge is -2.40. The van der Waals surface area contributed by atoms with Crippen molar-refractivity contribution in [3.05, 3.63) is 36.5 Å². The molecule has 1 saturated heterocycles. The lowest BCUT2D eigenvalue weighted by Crippen LogP contribution is -2.60. The maximum Gasteiger partial charge on any atom is 0.249 e. The largest absolute Gasteiger partial charge is 0.394 e. The van der Waals surface area contributed by atoms with Crippen molar-refractivity contribution in [2.75, 3.05) is 13.2 Å². The summed E-state index contributed by atoms with van der Waals surface area (Å²) in [5.74, 6) is -0.718. The van der Waals surface area contributed by atoms with Gasteiger partial charge in [-0.3, -0.25) is 4.79 Å². The van der Waals surface area contributed by atoms with Crippen LogP contribution in [0.2, 0.25) is 0 Å². The minimum absolute atomic E-state index is 0.237. The Balaban J connectivity index is 2.37. The van der Waals surface area contributed by atoms with E-state index in [1.165, 1.54) is 154 Å². The van der Waals surface area contributed by atoms with E-state index in [9.17, 15) is 40.5 Å². The van der Waals surface area contributed by atoms with Crippen LogP contribution in [-0.2, 0) is 14.3 Å². The summed E-state index contributed by atoms with van der Waals surface area (Å²) in [6, 6.07) is -1.20. The van der Waals surface area contributed by atoms with Crippen molar-refractivity contribution in [1.29, 1.82) is 0 Å². The van der Waals surface area contributed by atoms with E-state index in [0.717, 1.165) is 51.4 Å². The van der Waals surface area contributed by atoms with Crippen molar-refractivity contribution in [3.63, 3.8) is 0 Å². The summed E-state index contributed by atoms with van der Waals surface area (Å²) >= 11 is 0. The number of amides is 1. The Morgan fingerprint density at radius 1 is 0.500 bits per heavy atom. The molecule has 1 heterocycles. The molecule has 9 atom stereocenters. The van der Waals surface area contributed by atoms with Crippen LogP contribution < -0.4 is 5.32 Å². The fourth-order valence-corrected chi connectivity index (χ4v) is 8.98. The molecular formula is C57H107NO10. The van der Waals surface area contributed by atoms with Crippen LogP contribution in [0.4, 0.5) is 0 Å². The molecule has 0 aliphatic carbocycles. The van der Waals surface area contributed by atoms with Gasteiger partial charge < -0.3 is 50.5 Å². The van der Waals surface area contributed by atoms with E-state index in [0.29, 0.717) is 19.3 Å². The molecule has 68 heavy (non-hydrogen) atoms. The molecule has 1 amide bonds. The van der Waals surface area contributed by atoms with Gasteiger partial charge >= 0.3 is 0 Å². The van der Waals surface area contributed by atoms with Gasteiger partial charge in [0.15, 0.2) is 6.29 Å². The van der Waals surface area contributed by atoms with Gasteiger partial charge in [-0.1, -0.05) is 211 Å². The summed E-state index contributed by atoms with van der Waals surface area (Å²) in [4.78, 5) is 13.1. The standard InChI is InChI=1S/C57H107NO10/c1-3-5-7-9-11-13-15-17-19-21-22-23-24-25-26-27-29-30-32-34-36-38-40-42-44-49(60)52(62)48(47-67-57-55(65)54(64)53(63)51(46-59)68-57)58-56(66)50(61)45-43-41-39-37-35-33-31-28-20-18-16-14-12-10-8-6-4-2/h29-31,33,36,38,48-55,57,59-65H,3-28,32,34-35,37,39-47H2,1-2H3,(H,58,66)/b30-29+,33-31-,38-36+. The van der Waals surface area contributed by atoms with E-state index in [2.05, 4.69) is 55.6 Å². The van der Waals surface area contributed by atoms with Crippen LogP contribution >= 0.6 is 0 Å². The molecule has 0 saturated carbocycles. The summed E-state index contributed by atoms with van der Waals surface area (Å²) in [6.07, 6.45) is 44.9. The second-order valence-corrected chi connectivity index (χ2v) is 20.0. The zero-order valence-corrected chi connectivity index (χ0v) is 43.6. The van der Waals surface area contributed by atoms with Crippen molar-refractivity contribution >= 4 is 5.91 Å². The van der Waals surface area contributed by atoms with Gasteiger partial charge in [0.1, 0.15) is 36.6 Å². The molecule has 0 aromatic rings. The van der Waals surface area contributed by atoms with Crippen molar-refractivity contribution in [2.24, 2.45) is 0 Å². The number of hydrogen-bond acceptors (Lipinski definition) is 10. The van der Waals surface area contributed by atoms with Crippen LogP contribution in [0.15, 0.2) is 36.5 Å². The number of unbranched alkanes of at least 4 members (excludes halogenated alkanes) is 30. The average Bonchev–Trinajstić information content (AvgIpc) is 3.34. The topological polar surface area (TPSA) is 189 Å². The fourth-order valence-electron chi connectivity index (χ4n) is 8.98. The average molecular weight is 966 g/mol. The molecule has 8 N–H and O–H groups in total. The van der Waals surface area contributed by atoms with Crippen LogP contribution in [0.5, 0.6) is 0 Å². The number of carbonyl (C=O) groups is 1. The molecule has 0 radical (unpaired) electrons. The van der Waals surface area contributed by atoms with E-state index >= 15 is 0 Å². The minimum atomic E-state index is -1.67. The monoisotopic (exact) mass is 966 g/mol. The molecule has 0 bridgehead atoms. The zero-order valence-electron chi connectivity index (χ0n) is 43.6. The highest BCUT2D eigenvalue weighted by Gasteiger charge is 2.44. The van der Waals surface area contributed by atoms with E-state index in [-0.39, 0.29) is 12.8 Å². The van der Waals surface area contributed by atoms with Gasteiger partial charge in [-0.2, -0.15) is 0 Å². The molecule has 0 spiro atoms. The Kier molecular flexibility index (Phi) is 43.9. The lowest BCUT2D eigenvalue weighted by molar-refractivity contribution is -0.303. The Morgan fingerprint density at radius 3 is 1.31 bits per heavy atom. The van der Waals surface area contributed by atoms with Crippen molar-refractivity contribution in [1.82, 2.24) is 5.32 Å². The molecule has 1 aliphatic heterocycles. The molecule has 1 aliphatic rings. The molecule has 9 unspecified atom stereocenters. The van der Waals surface area contributed by atoms with Crippen LogP contribution in [-0.4, -0.2) is 110 Å². The number of hydrogen-bond donors (Lipinski definition) is 8. The van der Waals surface area contributed by atoms with Crippen molar-refractivity contribution in [2.45, 2.75) is 306 Å². The first-order chi connectivity index (χ1) is 33.2. The third-order valence-electron chi connectivity index (χ3n) is 13.6. The van der Waals surface area contributed by atoms with Gasteiger partial charge in [-0.05, 0) is 77.0 Å². The summed E-state index contributed by atoms with van der Waals surface area (Å²) < 4.78 is 11.1. The normalized spacial score (nSPS) is 20.8. The maximum absolute atomic E-state index is 13.1. The molecular weight excluding hydrogens is 859 g/mol. The molecule has 1 rings (SSSR count). The smallest absolute Gasteiger partial charge is 0.249 e. The van der Waals surface area contributed by atoms with E-state index in [1.54, 1.807) is 0 Å². The Morgan fingerprint density at radius 2 is 0.882 bits per heavy atom. The quantitative estimate of drug-likeness (QED) is 0.0215. The first-order valence-electron chi connectivity index (χ1n) is 28.4. The summed E-state index contributed by atoms with van der Waals surface area (Å²) in [6.45, 7) is 3.44. The number of ether oxygens (including phenoxy) is 2. The first kappa shape index (κ1) is 64.3. The van der Waals surface area contributed by atoms with Gasteiger partial charge in [-0.15, -0.1) is 0 Å². The third-order valence-corrected chi connectivity index (χ3v) is 13.6. The lowest BCUT2D eigenvalue weighted by atomic mass is 9.98. The van der Waals surface area contributed by atoms with E-state index < -0.39 is 74.2 Å². The predicted molar refractivity (Wildman–Crippen MR) is 279 cm³/mol. The van der Waals surface area contributed by atoms with Crippen molar-refractivity contribution in [3.8, 4) is 0 Å². The fraction of sp³-hybridized carbons (Fsp3) is 0.877. The number of rotatable bonds is 48. The zero-order chi connectivity index (χ0) is 49.7. The Labute approximate surface area is 416 Å². The summed E-state index contributed by atoms with van der Waals surface area (Å²) in [5.41, 5.74) is 0. The number of aliphatic hydroxyl groups is 7. The van der Waals surface area contributed by atoms with Gasteiger partial charge in [0.25, 0.3) is 0 Å². The molecule has 11 nitrogen and oxygen atoms in total. The second-order valence-electron chi connectivity index (χ2n) is 20.0. The summed E-state index contributed by atoms with van der Waals surface area (Å²) in [5, 5.41) is 76.0. The maximum atomic E-state index is 13.1. The van der Waals surface area contributed by atoms with Gasteiger partial charge in [0.2, 0.25) is 5.91 Å². The highest BCUT2D eigenvalue weighted by molar-refractivity contribution is 5.80. The molecule has 400 valence electrons. The highest BCUT2D eigenvalue weighted by atomic mass is 16.7. The van der Waals surface area contributed by atoms with Crippen molar-refractivity contribution < 1.29 is 50.0 Å². The number of allylic oxidation sites excluding steroid dienone is 6. The van der Waals surface area contributed by atoms with Crippen LogP contribution in [0.25, 0.3) is 0 Å². The minimum Gasteiger partial charge on any atom is -0.394 e. The van der Waals surface area contributed by atoms with E-state index in [4.69, 9.17) is 9.47 Å².